The number of nitrogens with zero attached hydrogens (tertiary/aromatic N) is 2. The van der Waals surface area contributed by atoms with Crippen LogP contribution < -0.4 is 0 Å². The molecule has 0 radical (unpaired) electrons. The summed E-state index contributed by atoms with van der Waals surface area (Å²) in [6.45, 7) is 0. The van der Waals surface area contributed by atoms with E-state index in [2.05, 4.69) is 9.97 Å². The summed E-state index contributed by atoms with van der Waals surface area (Å²) in [6, 6.07) is 13.3. The molecule has 0 aliphatic rings. The third-order valence-electron chi connectivity index (χ3n) is 2.94. The van der Waals surface area contributed by atoms with Crippen LogP contribution in [0.3, 0.4) is 0 Å². The zero-order valence-corrected chi connectivity index (χ0v) is 11.5. The van der Waals surface area contributed by atoms with E-state index in [1.807, 2.05) is 36.4 Å². The van der Waals surface area contributed by atoms with Gasteiger partial charge in [0.2, 0.25) is 0 Å². The Balaban J connectivity index is 1.94. The molecule has 0 saturated heterocycles. The van der Waals surface area contributed by atoms with Crippen LogP contribution in [0.15, 0.2) is 71.4 Å². The van der Waals surface area contributed by atoms with Gasteiger partial charge < -0.3 is 0 Å². The lowest BCUT2D eigenvalue weighted by Crippen LogP contribution is -1.87. The molecule has 1 unspecified atom stereocenters. The Kier molecular flexibility index (Phi) is 3.65. The molecule has 20 heavy (non-hydrogen) atoms. The van der Waals surface area contributed by atoms with Crippen molar-refractivity contribution >= 4 is 27.8 Å². The Morgan fingerprint density at radius 1 is 0.950 bits per heavy atom. The molecule has 2 heterocycles. The van der Waals surface area contributed by atoms with Crippen LogP contribution in [-0.4, -0.2) is 14.2 Å². The van der Waals surface area contributed by atoms with Crippen molar-refractivity contribution in [1.82, 2.24) is 9.97 Å². The van der Waals surface area contributed by atoms with E-state index in [1.54, 1.807) is 36.1 Å². The quantitative estimate of drug-likeness (QED) is 0.738. The van der Waals surface area contributed by atoms with Crippen LogP contribution in [0.25, 0.3) is 17.0 Å². The molecule has 0 saturated carbocycles. The van der Waals surface area contributed by atoms with E-state index in [0.29, 0.717) is 0 Å². The third kappa shape index (κ3) is 2.65. The average Bonchev–Trinajstić information content (AvgIpc) is 2.53. The van der Waals surface area contributed by atoms with Gasteiger partial charge in [0.15, 0.2) is 0 Å². The standard InChI is InChI=1S/C16H12N2OS/c19-20(14-6-9-17-10-7-14)12-8-13-5-11-18-16-4-2-1-3-15(13)16/h1-12H/b12-8+. The van der Waals surface area contributed by atoms with Crippen LogP contribution in [0.1, 0.15) is 5.56 Å². The van der Waals surface area contributed by atoms with Crippen LogP contribution in [-0.2, 0) is 10.8 Å². The lowest BCUT2D eigenvalue weighted by molar-refractivity contribution is 0.688. The maximum Gasteiger partial charge on any atom is 0.0777 e. The van der Waals surface area contributed by atoms with Crippen molar-refractivity contribution in [2.75, 3.05) is 0 Å². The van der Waals surface area contributed by atoms with Crippen molar-refractivity contribution in [2.24, 2.45) is 0 Å². The minimum Gasteiger partial charge on any atom is -0.265 e. The number of aromatic nitrogens is 2. The van der Waals surface area contributed by atoms with E-state index >= 15 is 0 Å². The Morgan fingerprint density at radius 3 is 2.60 bits per heavy atom. The predicted octanol–water partition coefficient (Wildman–Crippen LogP) is 3.41. The smallest absolute Gasteiger partial charge is 0.0777 e. The second kappa shape index (κ2) is 5.75. The van der Waals surface area contributed by atoms with Crippen LogP contribution >= 0.6 is 0 Å². The van der Waals surface area contributed by atoms with Gasteiger partial charge in [0.25, 0.3) is 0 Å². The van der Waals surface area contributed by atoms with Crippen LogP contribution in [0.5, 0.6) is 0 Å². The SMILES string of the molecule is O=S(/C=C/c1ccnc2ccccc12)c1ccncc1. The molecule has 0 fully saturated rings. The molecule has 3 aromatic rings. The molecular formula is C16H12N2OS. The van der Waals surface area contributed by atoms with Crippen molar-refractivity contribution < 1.29 is 4.21 Å². The highest BCUT2D eigenvalue weighted by Gasteiger charge is 2.00. The largest absolute Gasteiger partial charge is 0.265 e. The Bertz CT molecular complexity index is 779. The maximum absolute atomic E-state index is 12.1. The fourth-order valence-electron chi connectivity index (χ4n) is 1.95. The second-order valence-corrected chi connectivity index (χ2v) is 5.54. The fourth-order valence-corrected chi connectivity index (χ4v) is 2.77. The summed E-state index contributed by atoms with van der Waals surface area (Å²) in [5, 5.41) is 2.75. The highest BCUT2D eigenvalue weighted by molar-refractivity contribution is 7.88. The number of para-hydroxylation sites is 1. The number of fused-ring (bicyclic) bond motifs is 1. The van der Waals surface area contributed by atoms with Crippen molar-refractivity contribution in [3.05, 3.63) is 72.0 Å². The molecule has 4 heteroatoms. The van der Waals surface area contributed by atoms with E-state index in [4.69, 9.17) is 0 Å². The monoisotopic (exact) mass is 280 g/mol. The Labute approximate surface area is 119 Å². The minimum atomic E-state index is -1.17. The Morgan fingerprint density at radius 2 is 1.75 bits per heavy atom. The van der Waals surface area contributed by atoms with Gasteiger partial charge in [0.05, 0.1) is 16.3 Å². The molecule has 0 spiro atoms. The van der Waals surface area contributed by atoms with Crippen molar-refractivity contribution in [3.63, 3.8) is 0 Å². The number of hydrogen-bond acceptors (Lipinski definition) is 3. The third-order valence-corrected chi connectivity index (χ3v) is 4.06. The number of rotatable bonds is 3. The molecular weight excluding hydrogens is 268 g/mol. The summed E-state index contributed by atoms with van der Waals surface area (Å²) < 4.78 is 12.1. The number of benzene rings is 1. The Hall–Kier alpha value is -2.33. The molecule has 0 amide bonds. The van der Waals surface area contributed by atoms with E-state index < -0.39 is 10.8 Å². The topological polar surface area (TPSA) is 42.9 Å². The number of pyridine rings is 2. The molecule has 2 aromatic heterocycles. The fraction of sp³-hybridized carbons (Fsp3) is 0. The predicted molar refractivity (Wildman–Crippen MR) is 81.4 cm³/mol. The maximum atomic E-state index is 12.1. The zero-order chi connectivity index (χ0) is 13.8. The summed E-state index contributed by atoms with van der Waals surface area (Å²) in [5.41, 5.74) is 1.95. The molecule has 0 aliphatic heterocycles. The van der Waals surface area contributed by atoms with Gasteiger partial charge in [-0.1, -0.05) is 18.2 Å². The summed E-state index contributed by atoms with van der Waals surface area (Å²) in [5.74, 6) is 0. The molecule has 1 aromatic carbocycles. The second-order valence-electron chi connectivity index (χ2n) is 4.20. The van der Waals surface area contributed by atoms with Crippen LogP contribution in [0.4, 0.5) is 0 Å². The van der Waals surface area contributed by atoms with E-state index in [9.17, 15) is 4.21 Å². The van der Waals surface area contributed by atoms with Crippen molar-refractivity contribution in [2.45, 2.75) is 4.90 Å². The molecule has 0 N–H and O–H groups in total. The van der Waals surface area contributed by atoms with E-state index in [-0.39, 0.29) is 0 Å². The van der Waals surface area contributed by atoms with Gasteiger partial charge in [-0.2, -0.15) is 0 Å². The minimum absolute atomic E-state index is 0.745. The lowest BCUT2D eigenvalue weighted by Gasteiger charge is -2.01. The first-order valence-corrected chi connectivity index (χ1v) is 7.38. The van der Waals surface area contributed by atoms with Crippen molar-refractivity contribution in [3.8, 4) is 0 Å². The normalized spacial score (nSPS) is 12.8. The van der Waals surface area contributed by atoms with Gasteiger partial charge in [-0.3, -0.25) is 9.97 Å². The number of hydrogen-bond donors (Lipinski definition) is 0. The first-order chi connectivity index (χ1) is 9.84. The molecule has 3 rings (SSSR count). The van der Waals surface area contributed by atoms with Gasteiger partial charge in [-0.15, -0.1) is 0 Å². The van der Waals surface area contributed by atoms with Crippen LogP contribution in [0.2, 0.25) is 0 Å². The van der Waals surface area contributed by atoms with E-state index in [1.165, 1.54) is 0 Å². The zero-order valence-electron chi connectivity index (χ0n) is 10.6. The molecule has 3 nitrogen and oxygen atoms in total. The lowest BCUT2D eigenvalue weighted by atomic mass is 10.1. The molecule has 0 aliphatic carbocycles. The first-order valence-electron chi connectivity index (χ1n) is 6.17. The highest BCUT2D eigenvalue weighted by Crippen LogP contribution is 2.18. The van der Waals surface area contributed by atoms with Crippen LogP contribution in [0, 0.1) is 0 Å². The molecule has 0 bridgehead atoms. The van der Waals surface area contributed by atoms with Crippen molar-refractivity contribution in [1.29, 1.82) is 0 Å². The summed E-state index contributed by atoms with van der Waals surface area (Å²) >= 11 is 0. The highest BCUT2D eigenvalue weighted by atomic mass is 32.2. The van der Waals surface area contributed by atoms with Gasteiger partial charge in [0, 0.05) is 34.3 Å². The first kappa shape index (κ1) is 12.7. The summed E-state index contributed by atoms with van der Waals surface area (Å²) in [4.78, 5) is 8.97. The summed E-state index contributed by atoms with van der Waals surface area (Å²) in [6.07, 6.45) is 6.92. The summed E-state index contributed by atoms with van der Waals surface area (Å²) in [7, 11) is -1.17. The van der Waals surface area contributed by atoms with Gasteiger partial charge >= 0.3 is 0 Å². The van der Waals surface area contributed by atoms with Gasteiger partial charge in [-0.25, -0.2) is 4.21 Å². The molecule has 1 atom stereocenters. The molecule has 98 valence electrons. The van der Waals surface area contributed by atoms with E-state index in [0.717, 1.165) is 21.4 Å². The van der Waals surface area contributed by atoms with Gasteiger partial charge in [-0.05, 0) is 35.9 Å². The average molecular weight is 280 g/mol. The van der Waals surface area contributed by atoms with Gasteiger partial charge in [0.1, 0.15) is 0 Å².